The van der Waals surface area contributed by atoms with E-state index in [0.29, 0.717) is 11.8 Å². The zero-order chi connectivity index (χ0) is 16.0. The van der Waals surface area contributed by atoms with Crippen LogP contribution < -0.4 is 5.32 Å². The second-order valence-corrected chi connectivity index (χ2v) is 8.78. The number of hydrogen-bond acceptors (Lipinski definition) is 2. The van der Waals surface area contributed by atoms with Crippen molar-refractivity contribution in [3.63, 3.8) is 0 Å². The van der Waals surface area contributed by atoms with E-state index in [2.05, 4.69) is 38.2 Å². The molecule has 2 saturated carbocycles. The topological polar surface area (TPSA) is 41.5 Å². The first-order valence-electron chi connectivity index (χ1n) is 8.88. The molecule has 4 atom stereocenters. The molecule has 120 valence electrons. The molecule has 3 heteroatoms. The van der Waals surface area contributed by atoms with Crippen LogP contribution in [0.5, 0.6) is 0 Å². The summed E-state index contributed by atoms with van der Waals surface area (Å²) < 4.78 is 0. The van der Waals surface area contributed by atoms with Gasteiger partial charge in [-0.25, -0.2) is 0 Å². The number of nitrogens with zero attached hydrogens (tertiary/aromatic N) is 1. The number of benzene rings is 1. The largest absolute Gasteiger partial charge is 0.325 e. The predicted octanol–water partition coefficient (Wildman–Crippen LogP) is 3.94. The summed E-state index contributed by atoms with van der Waals surface area (Å²) in [5, 5.41) is 3.17. The minimum Gasteiger partial charge on any atom is -0.325 e. The molecule has 3 nitrogen and oxygen atoms in total. The van der Waals surface area contributed by atoms with Crippen molar-refractivity contribution in [1.82, 2.24) is 0 Å². The van der Waals surface area contributed by atoms with Crippen LogP contribution >= 0.6 is 0 Å². The number of carbonyl (C=O) groups excluding carboxylic acids is 1. The molecular formula is C20H24N2O. The highest BCUT2D eigenvalue weighted by molar-refractivity contribution is 6.12. The van der Waals surface area contributed by atoms with Crippen LogP contribution in [0, 0.1) is 17.3 Å². The van der Waals surface area contributed by atoms with Crippen molar-refractivity contribution in [2.24, 2.45) is 22.2 Å². The standard InChI is InChI=1S/C20H24N2O/c1-18(2)12-8-9-19(3)14(10-12)16(22-18)11-20(19)13-6-4-5-7-15(13)21-17(20)23/h4-7,12,14H,8-11H2,1-3H3,(H,21,23)/t12-,14+,19+,20+/m0/s1. The van der Waals surface area contributed by atoms with Crippen molar-refractivity contribution in [2.45, 2.75) is 57.4 Å². The zero-order valence-electron chi connectivity index (χ0n) is 14.1. The number of rotatable bonds is 0. The Morgan fingerprint density at radius 2 is 2.00 bits per heavy atom. The average Bonchev–Trinajstić information content (AvgIpc) is 2.94. The van der Waals surface area contributed by atoms with Gasteiger partial charge in [-0.2, -0.15) is 0 Å². The lowest BCUT2D eigenvalue weighted by molar-refractivity contribution is -0.126. The van der Waals surface area contributed by atoms with Gasteiger partial charge < -0.3 is 5.32 Å². The van der Waals surface area contributed by atoms with Crippen molar-refractivity contribution < 1.29 is 4.79 Å². The van der Waals surface area contributed by atoms with Gasteiger partial charge in [-0.1, -0.05) is 25.1 Å². The van der Waals surface area contributed by atoms with Gasteiger partial charge in [0.2, 0.25) is 5.91 Å². The lowest BCUT2D eigenvalue weighted by atomic mass is 9.53. The Bertz CT molecular complexity index is 765. The van der Waals surface area contributed by atoms with Crippen LogP contribution in [0.4, 0.5) is 5.69 Å². The van der Waals surface area contributed by atoms with Gasteiger partial charge in [-0.05, 0) is 56.1 Å². The van der Waals surface area contributed by atoms with Crippen molar-refractivity contribution >= 4 is 17.3 Å². The maximum Gasteiger partial charge on any atom is 0.236 e. The normalized spacial score (nSPS) is 42.4. The van der Waals surface area contributed by atoms with Crippen LogP contribution in [0.15, 0.2) is 29.3 Å². The van der Waals surface area contributed by atoms with E-state index in [-0.39, 0.29) is 16.9 Å². The van der Waals surface area contributed by atoms with Crippen molar-refractivity contribution in [2.75, 3.05) is 5.32 Å². The molecule has 4 aliphatic rings. The van der Waals surface area contributed by atoms with Crippen LogP contribution in [-0.2, 0) is 10.2 Å². The molecule has 0 radical (unpaired) electrons. The second kappa shape index (κ2) is 3.88. The highest BCUT2D eigenvalue weighted by Crippen LogP contribution is 2.67. The van der Waals surface area contributed by atoms with E-state index in [1.807, 2.05) is 12.1 Å². The molecule has 0 aromatic heterocycles. The molecule has 1 spiro atoms. The fourth-order valence-corrected chi connectivity index (χ4v) is 6.20. The molecule has 1 aromatic rings. The smallest absolute Gasteiger partial charge is 0.236 e. The van der Waals surface area contributed by atoms with Crippen LogP contribution in [0.3, 0.4) is 0 Å². The fraction of sp³-hybridized carbons (Fsp3) is 0.600. The Hall–Kier alpha value is -1.64. The van der Waals surface area contributed by atoms with Gasteiger partial charge in [-0.15, -0.1) is 0 Å². The van der Waals surface area contributed by atoms with E-state index in [9.17, 15) is 4.79 Å². The van der Waals surface area contributed by atoms with Crippen LogP contribution in [-0.4, -0.2) is 17.2 Å². The number of aliphatic imine (C=N–C) groups is 1. The second-order valence-electron chi connectivity index (χ2n) is 8.78. The first-order chi connectivity index (χ1) is 10.9. The van der Waals surface area contributed by atoms with Crippen LogP contribution in [0.1, 0.15) is 52.0 Å². The summed E-state index contributed by atoms with van der Waals surface area (Å²) in [4.78, 5) is 18.4. The van der Waals surface area contributed by atoms with Gasteiger partial charge in [0, 0.05) is 23.7 Å². The highest BCUT2D eigenvalue weighted by atomic mass is 16.2. The summed E-state index contributed by atoms with van der Waals surface area (Å²) in [7, 11) is 0. The predicted molar refractivity (Wildman–Crippen MR) is 91.8 cm³/mol. The summed E-state index contributed by atoms with van der Waals surface area (Å²) >= 11 is 0. The Balaban J connectivity index is 1.77. The number of hydrogen-bond donors (Lipinski definition) is 1. The van der Waals surface area contributed by atoms with Gasteiger partial charge >= 0.3 is 0 Å². The SMILES string of the molecule is CC1(C)N=C2C[C@@]3(C(=O)Nc4ccccc43)[C@]3(C)CC[C@H]1C[C@H]23. The van der Waals surface area contributed by atoms with Crippen molar-refractivity contribution in [3.05, 3.63) is 29.8 Å². The number of carbonyl (C=O) groups is 1. The minimum atomic E-state index is -0.404. The van der Waals surface area contributed by atoms with Crippen molar-refractivity contribution in [3.8, 4) is 0 Å². The van der Waals surface area contributed by atoms with Gasteiger partial charge in [0.1, 0.15) is 0 Å². The van der Waals surface area contributed by atoms with Gasteiger partial charge in [0.25, 0.3) is 0 Å². The molecule has 1 amide bonds. The first-order valence-corrected chi connectivity index (χ1v) is 8.88. The number of nitrogens with one attached hydrogen (secondary N) is 1. The van der Waals surface area contributed by atoms with Gasteiger partial charge in [-0.3, -0.25) is 9.79 Å². The highest BCUT2D eigenvalue weighted by Gasteiger charge is 2.69. The first kappa shape index (κ1) is 13.8. The van der Waals surface area contributed by atoms with E-state index < -0.39 is 5.41 Å². The Labute approximate surface area is 137 Å². The average molecular weight is 308 g/mol. The molecule has 1 aromatic carbocycles. The van der Waals surface area contributed by atoms with E-state index in [0.717, 1.165) is 18.5 Å². The fourth-order valence-electron chi connectivity index (χ4n) is 6.20. The lowest BCUT2D eigenvalue weighted by Gasteiger charge is -2.51. The van der Waals surface area contributed by atoms with E-state index in [4.69, 9.17) is 4.99 Å². The monoisotopic (exact) mass is 308 g/mol. The Morgan fingerprint density at radius 3 is 2.83 bits per heavy atom. The Morgan fingerprint density at radius 1 is 1.22 bits per heavy atom. The van der Waals surface area contributed by atoms with Gasteiger partial charge in [0.15, 0.2) is 0 Å². The number of anilines is 1. The van der Waals surface area contributed by atoms with Crippen molar-refractivity contribution in [1.29, 1.82) is 0 Å². The molecule has 2 aliphatic carbocycles. The third kappa shape index (κ3) is 1.39. The number of para-hydroxylation sites is 1. The van der Waals surface area contributed by atoms with E-state index >= 15 is 0 Å². The molecule has 0 unspecified atom stereocenters. The summed E-state index contributed by atoms with van der Waals surface area (Å²) in [6.07, 6.45) is 4.34. The molecule has 2 fully saturated rings. The van der Waals surface area contributed by atoms with Crippen LogP contribution in [0.2, 0.25) is 0 Å². The summed E-state index contributed by atoms with van der Waals surface area (Å²) in [6, 6.07) is 8.29. The maximum absolute atomic E-state index is 13.2. The minimum absolute atomic E-state index is 0.00944. The third-order valence-electron chi connectivity index (χ3n) is 7.58. The van der Waals surface area contributed by atoms with E-state index in [1.54, 1.807) is 0 Å². The molecule has 5 rings (SSSR count). The number of amides is 1. The molecule has 2 aliphatic heterocycles. The maximum atomic E-state index is 13.2. The molecule has 23 heavy (non-hydrogen) atoms. The summed E-state index contributed by atoms with van der Waals surface area (Å²) in [5.41, 5.74) is 3.17. The molecular weight excluding hydrogens is 284 g/mol. The quantitative estimate of drug-likeness (QED) is 0.775. The molecule has 2 heterocycles. The molecule has 2 bridgehead atoms. The zero-order valence-corrected chi connectivity index (χ0v) is 14.1. The molecule has 0 saturated heterocycles. The third-order valence-corrected chi connectivity index (χ3v) is 7.58. The lowest BCUT2D eigenvalue weighted by Crippen LogP contribution is -2.52. The Kier molecular flexibility index (Phi) is 2.32. The molecule has 1 N–H and O–H groups in total. The summed E-state index contributed by atoms with van der Waals surface area (Å²) in [6.45, 7) is 6.91. The number of fused-ring (bicyclic) bond motifs is 4. The van der Waals surface area contributed by atoms with Gasteiger partial charge in [0.05, 0.1) is 11.0 Å². The summed E-state index contributed by atoms with van der Waals surface area (Å²) in [5.74, 6) is 1.35. The van der Waals surface area contributed by atoms with Crippen LogP contribution in [0.25, 0.3) is 0 Å². The van der Waals surface area contributed by atoms with E-state index in [1.165, 1.54) is 24.1 Å².